The number of amides is 1. The Balaban J connectivity index is 1.33. The summed E-state index contributed by atoms with van der Waals surface area (Å²) in [5.41, 5.74) is 5.95. The summed E-state index contributed by atoms with van der Waals surface area (Å²) in [5.74, 6) is 1.76. The second kappa shape index (κ2) is 9.17. The number of carbonyl (C=O) groups is 1. The Labute approximate surface area is 183 Å². The van der Waals surface area contributed by atoms with Crippen LogP contribution < -0.4 is 14.9 Å². The molecule has 0 saturated heterocycles. The summed E-state index contributed by atoms with van der Waals surface area (Å²) in [6.07, 6.45) is 4.96. The fraction of sp³-hybridized carbons (Fsp3) is 0.217. The van der Waals surface area contributed by atoms with Gasteiger partial charge in [-0.1, -0.05) is 22.0 Å². The standard InChI is InChI=1S/C23H21BrN2O4/c1-28-21-9-6-18(24)11-17(21)13-25-26-23(27)22-10-8-20(30-22)14-29-19-7-5-15-3-2-4-16(15)12-19/h5-13H,2-4,14H2,1H3,(H,26,27)/b25-13+. The lowest BCUT2D eigenvalue weighted by Crippen LogP contribution is -2.16. The van der Waals surface area contributed by atoms with Gasteiger partial charge in [0.05, 0.1) is 13.3 Å². The molecule has 0 fully saturated rings. The number of ether oxygens (including phenoxy) is 2. The zero-order valence-electron chi connectivity index (χ0n) is 16.5. The molecule has 2 aromatic carbocycles. The van der Waals surface area contributed by atoms with Gasteiger partial charge in [-0.3, -0.25) is 4.79 Å². The van der Waals surface area contributed by atoms with Crippen molar-refractivity contribution in [1.82, 2.24) is 5.43 Å². The molecular weight excluding hydrogens is 448 g/mol. The Morgan fingerprint density at radius 2 is 2.03 bits per heavy atom. The number of nitrogens with zero attached hydrogens (tertiary/aromatic N) is 1. The van der Waals surface area contributed by atoms with Crippen molar-refractivity contribution >= 4 is 28.1 Å². The van der Waals surface area contributed by atoms with E-state index in [1.165, 1.54) is 23.8 Å². The average molecular weight is 469 g/mol. The van der Waals surface area contributed by atoms with Crippen LogP contribution in [0.1, 0.15) is 39.4 Å². The number of rotatable bonds is 7. The van der Waals surface area contributed by atoms with Crippen molar-refractivity contribution in [3.63, 3.8) is 0 Å². The number of hydrazone groups is 1. The number of hydrogen-bond donors (Lipinski definition) is 1. The van der Waals surface area contributed by atoms with Gasteiger partial charge < -0.3 is 13.9 Å². The molecule has 1 N–H and O–H groups in total. The third-order valence-corrected chi connectivity index (χ3v) is 5.39. The van der Waals surface area contributed by atoms with Gasteiger partial charge in [-0.2, -0.15) is 5.10 Å². The van der Waals surface area contributed by atoms with Gasteiger partial charge >= 0.3 is 5.91 Å². The summed E-state index contributed by atoms with van der Waals surface area (Å²) in [6, 6.07) is 15.0. The molecule has 0 spiro atoms. The van der Waals surface area contributed by atoms with Crippen LogP contribution in [0.25, 0.3) is 0 Å². The van der Waals surface area contributed by atoms with Crippen LogP contribution in [0.15, 0.2) is 62.5 Å². The number of nitrogens with one attached hydrogen (secondary N) is 1. The second-order valence-electron chi connectivity index (χ2n) is 6.92. The summed E-state index contributed by atoms with van der Waals surface area (Å²) in [4.78, 5) is 12.3. The number of carbonyl (C=O) groups excluding carboxylic acids is 1. The van der Waals surface area contributed by atoms with E-state index in [4.69, 9.17) is 13.9 Å². The molecular formula is C23H21BrN2O4. The fourth-order valence-corrected chi connectivity index (χ4v) is 3.77. The van der Waals surface area contributed by atoms with Gasteiger partial charge in [0.1, 0.15) is 23.9 Å². The Morgan fingerprint density at radius 1 is 1.17 bits per heavy atom. The minimum absolute atomic E-state index is 0.168. The van der Waals surface area contributed by atoms with Crippen molar-refractivity contribution in [1.29, 1.82) is 0 Å². The van der Waals surface area contributed by atoms with Crippen LogP contribution in [0.5, 0.6) is 11.5 Å². The first-order valence-electron chi connectivity index (χ1n) is 9.62. The van der Waals surface area contributed by atoms with Crippen LogP contribution >= 0.6 is 15.9 Å². The number of methoxy groups -OCH3 is 1. The Hall–Kier alpha value is -3.06. The SMILES string of the molecule is COc1ccc(Br)cc1/C=N/NC(=O)c1ccc(COc2ccc3c(c2)CCC3)o1. The van der Waals surface area contributed by atoms with Crippen LogP contribution in [0.2, 0.25) is 0 Å². The number of hydrogen-bond acceptors (Lipinski definition) is 5. The number of fused-ring (bicyclic) bond motifs is 1. The van der Waals surface area contributed by atoms with Crippen LogP contribution in [-0.2, 0) is 19.4 Å². The Kier molecular flexibility index (Phi) is 6.18. The van der Waals surface area contributed by atoms with Crippen LogP contribution in [0, 0.1) is 0 Å². The van der Waals surface area contributed by atoms with Crippen molar-refractivity contribution < 1.29 is 18.7 Å². The van der Waals surface area contributed by atoms with Crippen molar-refractivity contribution in [2.24, 2.45) is 5.10 Å². The van der Waals surface area contributed by atoms with Crippen molar-refractivity contribution in [2.75, 3.05) is 7.11 Å². The highest BCUT2D eigenvalue weighted by atomic mass is 79.9. The van der Waals surface area contributed by atoms with E-state index >= 15 is 0 Å². The molecule has 4 rings (SSSR count). The lowest BCUT2D eigenvalue weighted by Gasteiger charge is -2.06. The lowest BCUT2D eigenvalue weighted by atomic mass is 10.1. The molecule has 6 nitrogen and oxygen atoms in total. The highest BCUT2D eigenvalue weighted by Crippen LogP contribution is 2.26. The molecule has 30 heavy (non-hydrogen) atoms. The smallest absolute Gasteiger partial charge is 0.307 e. The van der Waals surface area contributed by atoms with E-state index < -0.39 is 5.91 Å². The zero-order chi connectivity index (χ0) is 20.9. The summed E-state index contributed by atoms with van der Waals surface area (Å²) in [5, 5.41) is 3.99. The molecule has 3 aromatic rings. The van der Waals surface area contributed by atoms with E-state index in [9.17, 15) is 4.79 Å². The highest BCUT2D eigenvalue weighted by molar-refractivity contribution is 9.10. The van der Waals surface area contributed by atoms with Crippen molar-refractivity contribution in [3.05, 3.63) is 81.2 Å². The average Bonchev–Trinajstić information content (AvgIpc) is 3.41. The molecule has 0 unspecified atom stereocenters. The van der Waals surface area contributed by atoms with Gasteiger partial charge in [0, 0.05) is 10.0 Å². The second-order valence-corrected chi connectivity index (χ2v) is 7.84. The van der Waals surface area contributed by atoms with Crippen LogP contribution in [-0.4, -0.2) is 19.2 Å². The first-order chi connectivity index (χ1) is 14.6. The van der Waals surface area contributed by atoms with Crippen molar-refractivity contribution in [3.8, 4) is 11.5 Å². The van der Waals surface area contributed by atoms with Gasteiger partial charge in [-0.25, -0.2) is 5.43 Å². The van der Waals surface area contributed by atoms with Crippen LogP contribution in [0.3, 0.4) is 0 Å². The topological polar surface area (TPSA) is 73.1 Å². The maximum absolute atomic E-state index is 12.3. The summed E-state index contributed by atoms with van der Waals surface area (Å²) >= 11 is 3.40. The molecule has 1 aromatic heterocycles. The Bertz CT molecular complexity index is 1090. The van der Waals surface area contributed by atoms with Crippen molar-refractivity contribution in [2.45, 2.75) is 25.9 Å². The molecule has 154 valence electrons. The predicted octanol–water partition coefficient (Wildman–Crippen LogP) is 4.88. The summed E-state index contributed by atoms with van der Waals surface area (Å²) < 4.78 is 17.6. The Morgan fingerprint density at radius 3 is 2.90 bits per heavy atom. The lowest BCUT2D eigenvalue weighted by molar-refractivity contribution is 0.0923. The van der Waals surface area contributed by atoms with Gasteiger partial charge in [-0.15, -0.1) is 0 Å². The van der Waals surface area contributed by atoms with E-state index in [1.54, 1.807) is 19.2 Å². The number of benzene rings is 2. The van der Waals surface area contributed by atoms with Gasteiger partial charge in [0.2, 0.25) is 0 Å². The first-order valence-corrected chi connectivity index (χ1v) is 10.4. The van der Waals surface area contributed by atoms with E-state index in [2.05, 4.69) is 38.6 Å². The zero-order valence-corrected chi connectivity index (χ0v) is 18.1. The predicted molar refractivity (Wildman–Crippen MR) is 117 cm³/mol. The van der Waals surface area contributed by atoms with Gasteiger partial charge in [0.15, 0.2) is 5.76 Å². The number of aryl methyl sites for hydroxylation is 2. The normalized spacial score (nSPS) is 12.7. The van der Waals surface area contributed by atoms with Gasteiger partial charge in [-0.05, 0) is 72.9 Å². The molecule has 7 heteroatoms. The highest BCUT2D eigenvalue weighted by Gasteiger charge is 2.13. The fourth-order valence-electron chi connectivity index (χ4n) is 3.39. The molecule has 0 bridgehead atoms. The molecule has 0 aliphatic heterocycles. The van der Waals surface area contributed by atoms with E-state index in [0.717, 1.165) is 28.6 Å². The first kappa shape index (κ1) is 20.2. The largest absolute Gasteiger partial charge is 0.496 e. The molecule has 0 radical (unpaired) electrons. The summed E-state index contributed by atoms with van der Waals surface area (Å²) in [7, 11) is 1.58. The summed E-state index contributed by atoms with van der Waals surface area (Å²) in [6.45, 7) is 0.255. The van der Waals surface area contributed by atoms with E-state index in [-0.39, 0.29) is 12.4 Å². The quantitative estimate of drug-likeness (QED) is 0.396. The maximum atomic E-state index is 12.3. The van der Waals surface area contributed by atoms with E-state index in [0.29, 0.717) is 11.5 Å². The number of furan rings is 1. The molecule has 1 heterocycles. The van der Waals surface area contributed by atoms with Gasteiger partial charge in [0.25, 0.3) is 0 Å². The molecule has 1 amide bonds. The van der Waals surface area contributed by atoms with E-state index in [1.807, 2.05) is 24.3 Å². The molecule has 1 aliphatic rings. The molecule has 0 atom stereocenters. The minimum atomic E-state index is -0.441. The molecule has 0 saturated carbocycles. The minimum Gasteiger partial charge on any atom is -0.496 e. The van der Waals surface area contributed by atoms with Crippen LogP contribution in [0.4, 0.5) is 0 Å². The number of halogens is 1. The third kappa shape index (κ3) is 4.74. The monoisotopic (exact) mass is 468 g/mol. The molecule has 1 aliphatic carbocycles. The maximum Gasteiger partial charge on any atom is 0.307 e. The third-order valence-electron chi connectivity index (χ3n) is 4.90.